The molecule has 1 aliphatic rings. The number of rotatable bonds is 8. The Morgan fingerprint density at radius 1 is 1.03 bits per heavy atom. The molecule has 4 rings (SSSR count). The number of hydrogen-bond donors (Lipinski definition) is 1. The molecule has 1 aliphatic heterocycles. The van der Waals surface area contributed by atoms with Crippen molar-refractivity contribution in [3.63, 3.8) is 0 Å². The lowest BCUT2D eigenvalue weighted by atomic mass is 9.96. The summed E-state index contributed by atoms with van der Waals surface area (Å²) in [5.74, 6) is -0.836. The number of nitrogens with zero attached hydrogens (tertiary/aromatic N) is 2. The van der Waals surface area contributed by atoms with E-state index in [0.29, 0.717) is 36.4 Å². The van der Waals surface area contributed by atoms with Gasteiger partial charge >= 0.3 is 0 Å². The highest BCUT2D eigenvalue weighted by Crippen LogP contribution is 2.39. The van der Waals surface area contributed by atoms with Gasteiger partial charge in [0.1, 0.15) is 11.5 Å². The van der Waals surface area contributed by atoms with Gasteiger partial charge in [-0.3, -0.25) is 14.6 Å². The number of carbonyl (C=O) groups excluding carboxylic acids is 2. The number of hydrogen-bond acceptors (Lipinski definition) is 5. The van der Waals surface area contributed by atoms with E-state index in [1.165, 1.54) is 4.90 Å². The van der Waals surface area contributed by atoms with Crippen molar-refractivity contribution < 1.29 is 19.4 Å². The summed E-state index contributed by atoms with van der Waals surface area (Å²) in [7, 11) is 0. The Morgan fingerprint density at radius 3 is 2.45 bits per heavy atom. The van der Waals surface area contributed by atoms with Crippen molar-refractivity contribution in [2.45, 2.75) is 25.8 Å². The van der Waals surface area contributed by atoms with Crippen molar-refractivity contribution in [1.82, 2.24) is 9.88 Å². The fourth-order valence-electron chi connectivity index (χ4n) is 3.97. The van der Waals surface area contributed by atoms with Crippen LogP contribution in [0.15, 0.2) is 84.7 Å². The van der Waals surface area contributed by atoms with Crippen LogP contribution in [0.5, 0.6) is 5.75 Å². The molecule has 0 aliphatic carbocycles. The Balaban J connectivity index is 1.70. The van der Waals surface area contributed by atoms with Crippen molar-refractivity contribution in [3.05, 3.63) is 101 Å². The first-order valence-corrected chi connectivity index (χ1v) is 11.1. The number of aromatic nitrogens is 1. The predicted octanol–water partition coefficient (Wildman–Crippen LogP) is 4.53. The highest BCUT2D eigenvalue weighted by molar-refractivity contribution is 6.46. The van der Waals surface area contributed by atoms with Crippen LogP contribution in [0.4, 0.5) is 0 Å². The Bertz CT molecular complexity index is 1140. The van der Waals surface area contributed by atoms with Gasteiger partial charge in [-0.2, -0.15) is 0 Å². The molecule has 1 unspecified atom stereocenters. The summed E-state index contributed by atoms with van der Waals surface area (Å²) in [6.45, 7) is 2.96. The summed E-state index contributed by atoms with van der Waals surface area (Å²) in [6, 6.07) is 19.5. The quantitative estimate of drug-likeness (QED) is 0.315. The largest absolute Gasteiger partial charge is 0.507 e. The third-order valence-electron chi connectivity index (χ3n) is 5.62. The lowest BCUT2D eigenvalue weighted by Gasteiger charge is -2.25. The molecular weight excluding hydrogens is 416 g/mol. The molecule has 168 valence electrons. The van der Waals surface area contributed by atoms with Gasteiger partial charge in [0.2, 0.25) is 0 Å². The number of ether oxygens (including phenoxy) is 1. The van der Waals surface area contributed by atoms with E-state index in [1.54, 1.807) is 42.7 Å². The number of benzene rings is 2. The normalized spacial score (nSPS) is 17.4. The van der Waals surface area contributed by atoms with Crippen LogP contribution in [0, 0.1) is 0 Å². The van der Waals surface area contributed by atoms with Gasteiger partial charge in [0, 0.05) is 24.5 Å². The molecule has 6 nitrogen and oxygen atoms in total. The van der Waals surface area contributed by atoms with Crippen molar-refractivity contribution in [2.75, 3.05) is 13.2 Å². The summed E-state index contributed by atoms with van der Waals surface area (Å²) in [4.78, 5) is 31.8. The summed E-state index contributed by atoms with van der Waals surface area (Å²) in [5, 5.41) is 11.1. The highest BCUT2D eigenvalue weighted by Gasteiger charge is 2.45. The fourth-order valence-corrected chi connectivity index (χ4v) is 3.97. The average molecular weight is 443 g/mol. The molecule has 1 amide bonds. The highest BCUT2D eigenvalue weighted by atomic mass is 16.5. The van der Waals surface area contributed by atoms with E-state index in [4.69, 9.17) is 4.74 Å². The topological polar surface area (TPSA) is 79.7 Å². The van der Waals surface area contributed by atoms with Crippen LogP contribution >= 0.6 is 0 Å². The van der Waals surface area contributed by atoms with Crippen LogP contribution in [0.1, 0.15) is 36.1 Å². The minimum atomic E-state index is -0.710. The summed E-state index contributed by atoms with van der Waals surface area (Å²) >= 11 is 0. The number of amides is 1. The average Bonchev–Trinajstić information content (AvgIpc) is 3.12. The molecule has 1 fully saturated rings. The van der Waals surface area contributed by atoms with Crippen molar-refractivity contribution in [1.29, 1.82) is 0 Å². The number of Topliss-reactive ketones (excluding diaryl/α,β-unsaturated/α-hetero) is 1. The third kappa shape index (κ3) is 4.80. The van der Waals surface area contributed by atoms with Gasteiger partial charge in [0.05, 0.1) is 18.2 Å². The number of likely N-dealkylation sites (tertiary alicyclic amines) is 1. The number of aliphatic hydroxyl groups excluding tert-OH is 1. The zero-order chi connectivity index (χ0) is 23.2. The van der Waals surface area contributed by atoms with Gasteiger partial charge in [-0.1, -0.05) is 43.3 Å². The lowest BCUT2D eigenvalue weighted by Crippen LogP contribution is -2.31. The SMILES string of the molecule is CCCOc1ccc(/C(O)=C2\C(=O)C(=O)N(CCc3ccccc3)C2c2cccnc2)cc1. The fraction of sp³-hybridized carbons (Fsp3) is 0.222. The maximum Gasteiger partial charge on any atom is 0.295 e. The number of pyridine rings is 1. The summed E-state index contributed by atoms with van der Waals surface area (Å²) in [5.41, 5.74) is 2.26. The lowest BCUT2D eigenvalue weighted by molar-refractivity contribution is -0.139. The Morgan fingerprint density at radius 2 is 1.79 bits per heavy atom. The van der Waals surface area contributed by atoms with E-state index < -0.39 is 17.7 Å². The zero-order valence-corrected chi connectivity index (χ0v) is 18.5. The first-order chi connectivity index (χ1) is 16.1. The Labute approximate surface area is 193 Å². The van der Waals surface area contributed by atoms with Gasteiger partial charge in [-0.15, -0.1) is 0 Å². The third-order valence-corrected chi connectivity index (χ3v) is 5.62. The molecular formula is C27H26N2O4. The van der Waals surface area contributed by atoms with Gasteiger partial charge in [0.15, 0.2) is 0 Å². The Kier molecular flexibility index (Phi) is 6.83. The molecule has 1 aromatic heterocycles. The van der Waals surface area contributed by atoms with Crippen molar-refractivity contribution >= 4 is 17.4 Å². The second-order valence-corrected chi connectivity index (χ2v) is 7.89. The Hall–Kier alpha value is -3.93. The zero-order valence-electron chi connectivity index (χ0n) is 18.5. The molecule has 0 saturated carbocycles. The molecule has 2 aromatic carbocycles. The van der Waals surface area contributed by atoms with Crippen LogP contribution < -0.4 is 4.74 Å². The first-order valence-electron chi connectivity index (χ1n) is 11.1. The first kappa shape index (κ1) is 22.3. The van der Waals surface area contributed by atoms with Crippen molar-refractivity contribution in [3.8, 4) is 5.75 Å². The monoisotopic (exact) mass is 442 g/mol. The molecule has 1 atom stereocenters. The second-order valence-electron chi connectivity index (χ2n) is 7.89. The van der Waals surface area contributed by atoms with Crippen LogP contribution in [0.25, 0.3) is 5.76 Å². The van der Waals surface area contributed by atoms with E-state index >= 15 is 0 Å². The van der Waals surface area contributed by atoms with E-state index in [9.17, 15) is 14.7 Å². The summed E-state index contributed by atoms with van der Waals surface area (Å²) < 4.78 is 5.60. The molecule has 3 aromatic rings. The van der Waals surface area contributed by atoms with E-state index in [1.807, 2.05) is 43.3 Å². The van der Waals surface area contributed by atoms with Crippen LogP contribution in [0.2, 0.25) is 0 Å². The van der Waals surface area contributed by atoms with Crippen LogP contribution in [0.3, 0.4) is 0 Å². The summed E-state index contributed by atoms with van der Waals surface area (Å²) in [6.07, 6.45) is 4.74. The maximum absolute atomic E-state index is 13.1. The molecule has 1 N–H and O–H groups in total. The number of carbonyl (C=O) groups is 2. The standard InChI is InChI=1S/C27H26N2O4/c1-2-17-33-22-12-10-20(11-13-22)25(30)23-24(21-9-6-15-28-18-21)29(27(32)26(23)31)16-14-19-7-4-3-5-8-19/h3-13,15,18,24,30H,2,14,16-17H2,1H3/b25-23+. The van der Waals surface area contributed by atoms with Crippen molar-refractivity contribution in [2.24, 2.45) is 0 Å². The predicted molar refractivity (Wildman–Crippen MR) is 126 cm³/mol. The van der Waals surface area contributed by atoms with Crippen LogP contribution in [-0.2, 0) is 16.0 Å². The second kappa shape index (κ2) is 10.1. The van der Waals surface area contributed by atoms with Gasteiger partial charge in [0.25, 0.3) is 11.7 Å². The molecule has 1 saturated heterocycles. The van der Waals surface area contributed by atoms with Crippen LogP contribution in [-0.4, -0.2) is 39.8 Å². The van der Waals surface area contributed by atoms with Gasteiger partial charge < -0.3 is 14.7 Å². The van der Waals surface area contributed by atoms with Gasteiger partial charge in [-0.05, 0) is 54.3 Å². The van der Waals surface area contributed by atoms with E-state index in [2.05, 4.69) is 4.98 Å². The minimum absolute atomic E-state index is 0.0725. The molecule has 0 spiro atoms. The molecule has 33 heavy (non-hydrogen) atoms. The smallest absolute Gasteiger partial charge is 0.295 e. The molecule has 2 heterocycles. The van der Waals surface area contributed by atoms with E-state index in [-0.39, 0.29) is 11.3 Å². The minimum Gasteiger partial charge on any atom is -0.507 e. The molecule has 0 radical (unpaired) electrons. The number of ketones is 1. The number of aliphatic hydroxyl groups is 1. The maximum atomic E-state index is 13.1. The molecule has 0 bridgehead atoms. The van der Waals surface area contributed by atoms with Gasteiger partial charge in [-0.25, -0.2) is 0 Å². The molecule has 6 heteroatoms. The van der Waals surface area contributed by atoms with E-state index in [0.717, 1.165) is 12.0 Å².